The number of amides is 5. The first-order chi connectivity index (χ1) is 11.9. The molecule has 3 N–H and O–H groups in total. The van der Waals surface area contributed by atoms with Crippen LogP contribution in [0.3, 0.4) is 0 Å². The van der Waals surface area contributed by atoms with Crippen LogP contribution < -0.4 is 16.0 Å². The molecule has 0 aromatic rings. The van der Waals surface area contributed by atoms with E-state index in [0.717, 1.165) is 38.5 Å². The molecular formula is C17H26N4O4. The van der Waals surface area contributed by atoms with Crippen LogP contribution in [0, 0.1) is 5.41 Å². The number of hydrogen-bond donors (Lipinski definition) is 3. The highest BCUT2D eigenvalue weighted by Gasteiger charge is 2.48. The SMILES string of the molecule is CCC1(C(=O)N[C@@H]2CCC[C@@H](NC(=O)CN3CC(=O)NC3=O)C2)CC1. The Kier molecular flexibility index (Phi) is 4.96. The molecule has 1 aliphatic heterocycles. The summed E-state index contributed by atoms with van der Waals surface area (Å²) in [7, 11) is 0. The molecule has 2 saturated carbocycles. The Hall–Kier alpha value is -2.12. The Morgan fingerprint density at radius 1 is 1.20 bits per heavy atom. The fourth-order valence-electron chi connectivity index (χ4n) is 3.74. The Labute approximate surface area is 147 Å². The maximum atomic E-state index is 12.4. The van der Waals surface area contributed by atoms with E-state index in [1.807, 2.05) is 0 Å². The van der Waals surface area contributed by atoms with Crippen molar-refractivity contribution in [3.63, 3.8) is 0 Å². The van der Waals surface area contributed by atoms with Crippen LogP contribution in [0.15, 0.2) is 0 Å². The minimum Gasteiger partial charge on any atom is -0.353 e. The summed E-state index contributed by atoms with van der Waals surface area (Å²) in [6.07, 6.45) is 6.27. The van der Waals surface area contributed by atoms with E-state index in [4.69, 9.17) is 0 Å². The lowest BCUT2D eigenvalue weighted by molar-refractivity contribution is -0.127. The van der Waals surface area contributed by atoms with Crippen LogP contribution in [0.2, 0.25) is 0 Å². The maximum absolute atomic E-state index is 12.4. The number of hydrogen-bond acceptors (Lipinski definition) is 4. The minimum absolute atomic E-state index is 0.00954. The molecule has 0 aromatic carbocycles. The first-order valence-electron chi connectivity index (χ1n) is 9.11. The molecule has 138 valence electrons. The number of carbonyl (C=O) groups is 4. The molecule has 1 heterocycles. The van der Waals surface area contributed by atoms with Crippen molar-refractivity contribution in [2.24, 2.45) is 5.41 Å². The highest BCUT2D eigenvalue weighted by molar-refractivity contribution is 6.03. The summed E-state index contributed by atoms with van der Waals surface area (Å²) < 4.78 is 0. The summed E-state index contributed by atoms with van der Waals surface area (Å²) in [6.45, 7) is 1.86. The lowest BCUT2D eigenvalue weighted by atomic mass is 9.90. The second-order valence-corrected chi connectivity index (χ2v) is 7.44. The standard InChI is InChI=1S/C17H26N4O4/c1-2-17(6-7-17)15(24)19-12-5-3-4-11(8-12)18-13(22)9-21-10-14(23)20-16(21)25/h11-12H,2-10H2,1H3,(H,18,22)(H,19,24)(H,20,23,25)/t11-,12-/m1/s1. The van der Waals surface area contributed by atoms with Crippen LogP contribution in [0.5, 0.6) is 0 Å². The predicted octanol–water partition coefficient (Wildman–Crippen LogP) is 0.272. The predicted molar refractivity (Wildman–Crippen MR) is 89.4 cm³/mol. The molecule has 5 amide bonds. The summed E-state index contributed by atoms with van der Waals surface area (Å²) in [5.74, 6) is -0.503. The van der Waals surface area contributed by atoms with Crippen molar-refractivity contribution in [3.8, 4) is 0 Å². The zero-order chi connectivity index (χ0) is 18.0. The molecule has 25 heavy (non-hydrogen) atoms. The Balaban J connectivity index is 1.45. The molecule has 3 rings (SSSR count). The van der Waals surface area contributed by atoms with Gasteiger partial charge in [0, 0.05) is 17.5 Å². The van der Waals surface area contributed by atoms with E-state index in [9.17, 15) is 19.2 Å². The van der Waals surface area contributed by atoms with E-state index in [1.165, 1.54) is 4.90 Å². The Morgan fingerprint density at radius 3 is 2.44 bits per heavy atom. The molecule has 0 unspecified atom stereocenters. The molecule has 3 aliphatic rings. The highest BCUT2D eigenvalue weighted by atomic mass is 16.2. The van der Waals surface area contributed by atoms with Crippen molar-refractivity contribution in [1.29, 1.82) is 0 Å². The molecular weight excluding hydrogens is 324 g/mol. The number of carbonyl (C=O) groups excluding carboxylic acids is 4. The van der Waals surface area contributed by atoms with Gasteiger partial charge in [-0.05, 0) is 44.9 Å². The first-order valence-corrected chi connectivity index (χ1v) is 9.11. The quantitative estimate of drug-likeness (QED) is 0.598. The average molecular weight is 350 g/mol. The van der Waals surface area contributed by atoms with Gasteiger partial charge in [0.2, 0.25) is 17.7 Å². The molecule has 8 heteroatoms. The van der Waals surface area contributed by atoms with Crippen molar-refractivity contribution in [1.82, 2.24) is 20.9 Å². The molecule has 0 radical (unpaired) electrons. The number of nitrogens with one attached hydrogen (secondary N) is 3. The van der Waals surface area contributed by atoms with Gasteiger partial charge in [0.15, 0.2) is 0 Å². The van der Waals surface area contributed by atoms with Gasteiger partial charge in [0.05, 0.1) is 0 Å². The molecule has 1 saturated heterocycles. The third-order valence-corrected chi connectivity index (χ3v) is 5.59. The summed E-state index contributed by atoms with van der Waals surface area (Å²) in [5, 5.41) is 8.23. The fraction of sp³-hybridized carbons (Fsp3) is 0.765. The zero-order valence-corrected chi connectivity index (χ0v) is 14.6. The van der Waals surface area contributed by atoms with E-state index in [0.29, 0.717) is 6.42 Å². The van der Waals surface area contributed by atoms with Gasteiger partial charge in [-0.15, -0.1) is 0 Å². The maximum Gasteiger partial charge on any atom is 0.325 e. The summed E-state index contributed by atoms with van der Waals surface area (Å²) in [5.41, 5.74) is -0.147. The number of rotatable bonds is 6. The van der Waals surface area contributed by atoms with E-state index in [2.05, 4.69) is 22.9 Å². The lowest BCUT2D eigenvalue weighted by Gasteiger charge is -2.31. The Morgan fingerprint density at radius 2 is 1.88 bits per heavy atom. The van der Waals surface area contributed by atoms with Gasteiger partial charge >= 0.3 is 6.03 Å². The van der Waals surface area contributed by atoms with Crippen LogP contribution in [0.4, 0.5) is 4.79 Å². The largest absolute Gasteiger partial charge is 0.353 e. The molecule has 2 aliphatic carbocycles. The lowest BCUT2D eigenvalue weighted by Crippen LogP contribution is -2.49. The minimum atomic E-state index is -0.525. The van der Waals surface area contributed by atoms with E-state index in [-0.39, 0.29) is 48.3 Å². The van der Waals surface area contributed by atoms with Crippen LogP contribution in [0.25, 0.3) is 0 Å². The Bertz CT molecular complexity index is 587. The van der Waals surface area contributed by atoms with Gasteiger partial charge in [0.25, 0.3) is 0 Å². The molecule has 8 nitrogen and oxygen atoms in total. The van der Waals surface area contributed by atoms with Crippen molar-refractivity contribution in [2.75, 3.05) is 13.1 Å². The van der Waals surface area contributed by atoms with Gasteiger partial charge < -0.3 is 15.5 Å². The van der Waals surface area contributed by atoms with Crippen molar-refractivity contribution in [2.45, 2.75) is 64.0 Å². The van der Waals surface area contributed by atoms with Crippen LogP contribution >= 0.6 is 0 Å². The number of nitrogens with zero attached hydrogens (tertiary/aromatic N) is 1. The second-order valence-electron chi connectivity index (χ2n) is 7.44. The topological polar surface area (TPSA) is 108 Å². The van der Waals surface area contributed by atoms with E-state index in [1.54, 1.807) is 0 Å². The summed E-state index contributed by atoms with van der Waals surface area (Å²) >= 11 is 0. The first kappa shape index (κ1) is 17.7. The number of imide groups is 1. The highest BCUT2D eigenvalue weighted by Crippen LogP contribution is 2.48. The molecule has 2 atom stereocenters. The second kappa shape index (κ2) is 7.01. The normalized spacial score (nSPS) is 27.6. The molecule has 0 bridgehead atoms. The smallest absolute Gasteiger partial charge is 0.325 e. The third kappa shape index (κ3) is 4.11. The van der Waals surface area contributed by atoms with E-state index < -0.39 is 6.03 Å². The molecule has 3 fully saturated rings. The fourth-order valence-corrected chi connectivity index (χ4v) is 3.74. The molecule has 0 spiro atoms. The third-order valence-electron chi connectivity index (χ3n) is 5.59. The van der Waals surface area contributed by atoms with Gasteiger partial charge in [0.1, 0.15) is 13.1 Å². The summed E-state index contributed by atoms with van der Waals surface area (Å²) in [6, 6.07) is -0.444. The average Bonchev–Trinajstić information content (AvgIpc) is 3.29. The van der Waals surface area contributed by atoms with Gasteiger partial charge in [-0.1, -0.05) is 6.92 Å². The van der Waals surface area contributed by atoms with Gasteiger partial charge in [-0.3, -0.25) is 19.7 Å². The van der Waals surface area contributed by atoms with Crippen molar-refractivity contribution >= 4 is 23.8 Å². The molecule has 0 aromatic heterocycles. The van der Waals surface area contributed by atoms with Crippen LogP contribution in [0.1, 0.15) is 51.9 Å². The van der Waals surface area contributed by atoms with Crippen molar-refractivity contribution < 1.29 is 19.2 Å². The monoisotopic (exact) mass is 350 g/mol. The summed E-state index contributed by atoms with van der Waals surface area (Å²) in [4.78, 5) is 48.3. The number of urea groups is 1. The van der Waals surface area contributed by atoms with E-state index >= 15 is 0 Å². The van der Waals surface area contributed by atoms with Crippen molar-refractivity contribution in [3.05, 3.63) is 0 Å². The van der Waals surface area contributed by atoms with Gasteiger partial charge in [-0.25, -0.2) is 4.79 Å². The van der Waals surface area contributed by atoms with Crippen LogP contribution in [-0.2, 0) is 14.4 Å². The van der Waals surface area contributed by atoms with Gasteiger partial charge in [-0.2, -0.15) is 0 Å². The van der Waals surface area contributed by atoms with Crippen LogP contribution in [-0.4, -0.2) is 53.8 Å². The zero-order valence-electron chi connectivity index (χ0n) is 14.6.